The van der Waals surface area contributed by atoms with Gasteiger partial charge in [0.15, 0.2) is 5.54 Å². The lowest BCUT2D eigenvalue weighted by Crippen LogP contribution is -2.54. The van der Waals surface area contributed by atoms with Gasteiger partial charge < -0.3 is 20.5 Å². The van der Waals surface area contributed by atoms with Crippen LogP contribution in [0, 0.1) is 0 Å². The molecule has 8 nitrogen and oxygen atoms in total. The Balaban J connectivity index is 2.07. The van der Waals surface area contributed by atoms with Gasteiger partial charge in [-0.3, -0.25) is 9.48 Å². The van der Waals surface area contributed by atoms with E-state index in [9.17, 15) is 9.59 Å². The van der Waals surface area contributed by atoms with Crippen LogP contribution < -0.4 is 11.1 Å². The summed E-state index contributed by atoms with van der Waals surface area (Å²) in [6, 6.07) is 0. The minimum atomic E-state index is -0.960. The molecule has 3 N–H and O–H groups in total. The summed E-state index contributed by atoms with van der Waals surface area (Å²) in [5, 5.41) is 6.91. The Labute approximate surface area is 135 Å². The highest BCUT2D eigenvalue weighted by molar-refractivity contribution is 5.97. The van der Waals surface area contributed by atoms with Crippen LogP contribution in [-0.4, -0.2) is 47.0 Å². The van der Waals surface area contributed by atoms with Gasteiger partial charge in [-0.1, -0.05) is 0 Å². The Morgan fingerprint density at radius 1 is 1.48 bits per heavy atom. The van der Waals surface area contributed by atoms with E-state index in [0.29, 0.717) is 38.3 Å². The molecule has 0 bridgehead atoms. The van der Waals surface area contributed by atoms with Crippen LogP contribution in [0.3, 0.4) is 0 Å². The van der Waals surface area contributed by atoms with Gasteiger partial charge in [-0.25, -0.2) is 4.79 Å². The number of ether oxygens (including phenoxy) is 2. The van der Waals surface area contributed by atoms with Crippen LogP contribution in [0.15, 0.2) is 12.4 Å². The molecule has 0 spiro atoms. The number of anilines is 1. The molecule has 1 aliphatic rings. The fourth-order valence-electron chi connectivity index (χ4n) is 2.31. The van der Waals surface area contributed by atoms with Gasteiger partial charge >= 0.3 is 5.97 Å². The fourth-order valence-corrected chi connectivity index (χ4v) is 2.31. The van der Waals surface area contributed by atoms with Gasteiger partial charge in [0.25, 0.3) is 0 Å². The third-order valence-electron chi connectivity index (χ3n) is 4.03. The average Bonchev–Trinajstić information content (AvgIpc) is 2.97. The lowest BCUT2D eigenvalue weighted by atomic mass is 9.90. The van der Waals surface area contributed by atoms with E-state index in [-0.39, 0.29) is 11.9 Å². The molecule has 0 radical (unpaired) electrons. The van der Waals surface area contributed by atoms with E-state index in [1.54, 1.807) is 27.0 Å². The highest BCUT2D eigenvalue weighted by Crippen LogP contribution is 2.22. The number of amides is 1. The molecule has 0 saturated carbocycles. The first-order chi connectivity index (χ1) is 10.8. The molecule has 1 saturated heterocycles. The van der Waals surface area contributed by atoms with Gasteiger partial charge in [-0.05, 0) is 33.6 Å². The summed E-state index contributed by atoms with van der Waals surface area (Å²) in [7, 11) is 0. The molecular weight excluding hydrogens is 300 g/mol. The van der Waals surface area contributed by atoms with Crippen LogP contribution in [0.25, 0.3) is 0 Å². The molecule has 8 heteroatoms. The van der Waals surface area contributed by atoms with Crippen molar-refractivity contribution in [3.05, 3.63) is 12.4 Å². The second kappa shape index (κ2) is 6.67. The number of rotatable bonds is 5. The van der Waals surface area contributed by atoms with Gasteiger partial charge in [0.05, 0.1) is 18.5 Å². The van der Waals surface area contributed by atoms with Crippen LogP contribution >= 0.6 is 0 Å². The van der Waals surface area contributed by atoms with Gasteiger partial charge in [0, 0.05) is 19.4 Å². The molecule has 2 heterocycles. The molecule has 0 atom stereocenters. The second-order valence-electron chi connectivity index (χ2n) is 6.18. The predicted molar refractivity (Wildman–Crippen MR) is 83.8 cm³/mol. The lowest BCUT2D eigenvalue weighted by molar-refractivity contribution is -0.152. The molecule has 1 amide bonds. The minimum Gasteiger partial charge on any atom is -0.464 e. The van der Waals surface area contributed by atoms with Crippen LogP contribution in [0.2, 0.25) is 0 Å². The van der Waals surface area contributed by atoms with Crippen molar-refractivity contribution >= 4 is 17.6 Å². The second-order valence-corrected chi connectivity index (χ2v) is 6.18. The van der Waals surface area contributed by atoms with E-state index in [0.717, 1.165) is 0 Å². The Bertz CT molecular complexity index is 576. The molecule has 1 aromatic rings. The normalized spacial score (nSPS) is 17.6. The van der Waals surface area contributed by atoms with Gasteiger partial charge in [-0.15, -0.1) is 0 Å². The maximum absolute atomic E-state index is 12.4. The lowest BCUT2D eigenvalue weighted by Gasteiger charge is -2.31. The van der Waals surface area contributed by atoms with Crippen molar-refractivity contribution in [1.29, 1.82) is 0 Å². The molecule has 1 aromatic heterocycles. The number of carbonyl (C=O) groups excluding carboxylic acids is 2. The van der Waals surface area contributed by atoms with E-state index >= 15 is 0 Å². The number of hydrogen-bond donors (Lipinski definition) is 2. The third kappa shape index (κ3) is 3.70. The maximum Gasteiger partial charge on any atom is 0.333 e. The molecule has 2 rings (SSSR count). The number of nitrogens with one attached hydrogen (secondary N) is 1. The summed E-state index contributed by atoms with van der Waals surface area (Å²) in [4.78, 5) is 24.4. The van der Waals surface area contributed by atoms with Gasteiger partial charge in [-0.2, -0.15) is 5.10 Å². The van der Waals surface area contributed by atoms with E-state index in [2.05, 4.69) is 10.4 Å². The quantitative estimate of drug-likeness (QED) is 0.769. The Morgan fingerprint density at radius 3 is 2.74 bits per heavy atom. The number of aromatic nitrogens is 2. The summed E-state index contributed by atoms with van der Waals surface area (Å²) in [5.74, 6) is -0.657. The predicted octanol–water partition coefficient (Wildman–Crippen LogP) is 0.628. The fraction of sp³-hybridized carbons (Fsp3) is 0.667. The number of esters is 1. The first-order valence-electron chi connectivity index (χ1n) is 7.70. The van der Waals surface area contributed by atoms with Crippen LogP contribution in [0.1, 0.15) is 33.6 Å². The zero-order valence-corrected chi connectivity index (χ0v) is 13.8. The topological polar surface area (TPSA) is 108 Å². The molecule has 0 aliphatic carbocycles. The Kier molecular flexibility index (Phi) is 5.06. The Morgan fingerprint density at radius 2 is 2.13 bits per heavy atom. The van der Waals surface area contributed by atoms with E-state index in [1.807, 2.05) is 0 Å². The number of hydrogen-bond acceptors (Lipinski definition) is 6. The van der Waals surface area contributed by atoms with Crippen molar-refractivity contribution in [3.8, 4) is 0 Å². The molecule has 1 fully saturated rings. The van der Waals surface area contributed by atoms with Crippen molar-refractivity contribution in [2.24, 2.45) is 5.73 Å². The number of nitrogens with two attached hydrogens (primary N) is 1. The summed E-state index contributed by atoms with van der Waals surface area (Å²) >= 11 is 0. The van der Waals surface area contributed by atoms with Crippen molar-refractivity contribution in [3.63, 3.8) is 0 Å². The van der Waals surface area contributed by atoms with E-state index in [1.165, 1.54) is 10.9 Å². The largest absolute Gasteiger partial charge is 0.464 e. The van der Waals surface area contributed by atoms with Crippen LogP contribution in [0.5, 0.6) is 0 Å². The first kappa shape index (κ1) is 17.4. The number of nitrogens with zero attached hydrogens (tertiary/aromatic N) is 2. The monoisotopic (exact) mass is 324 g/mol. The molecular formula is C15H24N4O4. The summed E-state index contributed by atoms with van der Waals surface area (Å²) in [6.07, 6.45) is 4.03. The highest BCUT2D eigenvalue weighted by atomic mass is 16.5. The maximum atomic E-state index is 12.4. The van der Waals surface area contributed by atoms with Crippen LogP contribution in [-0.2, 0) is 24.6 Å². The molecule has 0 unspecified atom stereocenters. The van der Waals surface area contributed by atoms with E-state index < -0.39 is 11.1 Å². The highest BCUT2D eigenvalue weighted by Gasteiger charge is 2.37. The smallest absolute Gasteiger partial charge is 0.333 e. The zero-order chi connectivity index (χ0) is 17.1. The third-order valence-corrected chi connectivity index (χ3v) is 4.03. The van der Waals surface area contributed by atoms with Crippen molar-refractivity contribution in [1.82, 2.24) is 9.78 Å². The first-order valence-corrected chi connectivity index (χ1v) is 7.70. The molecule has 23 heavy (non-hydrogen) atoms. The molecule has 128 valence electrons. The summed E-state index contributed by atoms with van der Waals surface area (Å²) < 4.78 is 11.7. The average molecular weight is 324 g/mol. The summed E-state index contributed by atoms with van der Waals surface area (Å²) in [5.41, 5.74) is 4.73. The number of carbonyl (C=O) groups is 2. The van der Waals surface area contributed by atoms with E-state index in [4.69, 9.17) is 15.2 Å². The summed E-state index contributed by atoms with van der Waals surface area (Å²) in [6.45, 7) is 6.39. The molecule has 0 aromatic carbocycles. The van der Waals surface area contributed by atoms with Gasteiger partial charge in [0.1, 0.15) is 5.54 Å². The molecule has 1 aliphatic heterocycles. The van der Waals surface area contributed by atoms with Crippen molar-refractivity contribution in [2.75, 3.05) is 25.1 Å². The Hall–Kier alpha value is -1.93. The van der Waals surface area contributed by atoms with Crippen molar-refractivity contribution < 1.29 is 19.1 Å². The van der Waals surface area contributed by atoms with Gasteiger partial charge in [0.2, 0.25) is 5.91 Å². The zero-order valence-electron chi connectivity index (χ0n) is 13.8. The van der Waals surface area contributed by atoms with Crippen LogP contribution in [0.4, 0.5) is 5.69 Å². The standard InChI is InChI=1S/C15H24N4O4/c1-4-23-13(21)14(2,3)19-10-11(9-17-19)18-12(20)15(16)5-7-22-8-6-15/h9-10H,4-8,16H2,1-3H3,(H,18,20). The minimum absolute atomic E-state index is 0.269. The SMILES string of the molecule is CCOC(=O)C(C)(C)n1cc(NC(=O)C2(N)CCOCC2)cn1. The van der Waals surface area contributed by atoms with Crippen molar-refractivity contribution in [2.45, 2.75) is 44.7 Å².